The molecular formula is C5H9ClN2O3S. The van der Waals surface area contributed by atoms with Gasteiger partial charge in [0.25, 0.3) is 0 Å². The SMILES string of the molecule is O=C(NS(=O)(=O)Cl)N1CCCC1. The largest absolute Gasteiger partial charge is 0.331 e. The van der Waals surface area contributed by atoms with Gasteiger partial charge in [-0.2, -0.15) is 8.42 Å². The number of amides is 2. The van der Waals surface area contributed by atoms with E-state index < -0.39 is 15.3 Å². The quantitative estimate of drug-likeness (QED) is 0.635. The van der Waals surface area contributed by atoms with Crippen molar-refractivity contribution in [2.45, 2.75) is 12.8 Å². The van der Waals surface area contributed by atoms with Gasteiger partial charge in [0, 0.05) is 23.8 Å². The lowest BCUT2D eigenvalue weighted by Gasteiger charge is -2.13. The Morgan fingerprint density at radius 3 is 2.25 bits per heavy atom. The Morgan fingerprint density at radius 1 is 1.33 bits per heavy atom. The van der Waals surface area contributed by atoms with E-state index >= 15 is 0 Å². The molecule has 0 aromatic rings. The van der Waals surface area contributed by atoms with Gasteiger partial charge in [0.15, 0.2) is 0 Å². The molecule has 1 saturated heterocycles. The van der Waals surface area contributed by atoms with Crippen molar-refractivity contribution < 1.29 is 13.2 Å². The standard InChI is InChI=1S/C5H9ClN2O3S/c6-12(10,11)7-5(9)8-3-1-2-4-8/h1-4H2,(H,7,9). The molecule has 7 heteroatoms. The normalized spacial score (nSPS) is 17.9. The molecule has 0 unspecified atom stereocenters. The van der Waals surface area contributed by atoms with Gasteiger partial charge in [0.1, 0.15) is 0 Å². The van der Waals surface area contributed by atoms with Crippen LogP contribution in [0.15, 0.2) is 0 Å². The van der Waals surface area contributed by atoms with E-state index in [2.05, 4.69) is 0 Å². The van der Waals surface area contributed by atoms with Crippen molar-refractivity contribution in [2.75, 3.05) is 13.1 Å². The average Bonchev–Trinajstić information content (AvgIpc) is 2.32. The highest BCUT2D eigenvalue weighted by Gasteiger charge is 2.20. The molecule has 0 bridgehead atoms. The van der Waals surface area contributed by atoms with Crippen molar-refractivity contribution in [3.8, 4) is 0 Å². The third-order valence-electron chi connectivity index (χ3n) is 1.60. The van der Waals surface area contributed by atoms with Gasteiger partial charge in [0.05, 0.1) is 0 Å². The van der Waals surface area contributed by atoms with Crippen molar-refractivity contribution in [1.29, 1.82) is 0 Å². The molecular weight excluding hydrogens is 204 g/mol. The molecule has 1 N–H and O–H groups in total. The van der Waals surface area contributed by atoms with Crippen LogP contribution in [-0.4, -0.2) is 32.4 Å². The highest BCUT2D eigenvalue weighted by Crippen LogP contribution is 2.07. The number of nitrogens with zero attached hydrogens (tertiary/aromatic N) is 1. The van der Waals surface area contributed by atoms with E-state index in [0.717, 1.165) is 12.8 Å². The van der Waals surface area contributed by atoms with Gasteiger partial charge in [-0.25, -0.2) is 9.52 Å². The summed E-state index contributed by atoms with van der Waals surface area (Å²) in [6, 6.07) is -0.637. The van der Waals surface area contributed by atoms with E-state index in [4.69, 9.17) is 10.7 Å². The second kappa shape index (κ2) is 3.49. The number of carbonyl (C=O) groups is 1. The second-order valence-electron chi connectivity index (χ2n) is 2.54. The number of hydrogen-bond acceptors (Lipinski definition) is 3. The monoisotopic (exact) mass is 212 g/mol. The lowest BCUT2D eigenvalue weighted by molar-refractivity contribution is 0.215. The van der Waals surface area contributed by atoms with Gasteiger partial charge >= 0.3 is 15.3 Å². The predicted octanol–water partition coefficient (Wildman–Crippen LogP) is 0.275. The van der Waals surface area contributed by atoms with E-state index in [0.29, 0.717) is 13.1 Å². The zero-order valence-corrected chi connectivity index (χ0v) is 7.86. The van der Waals surface area contributed by atoms with E-state index in [1.54, 1.807) is 4.72 Å². The topological polar surface area (TPSA) is 66.5 Å². The molecule has 1 aliphatic heterocycles. The maximum Gasteiger partial charge on any atom is 0.331 e. The number of carbonyl (C=O) groups excluding carboxylic acids is 1. The zero-order chi connectivity index (χ0) is 9.19. The Kier molecular flexibility index (Phi) is 2.79. The Labute approximate surface area is 75.2 Å². The molecule has 1 rings (SSSR count). The van der Waals surface area contributed by atoms with Crippen LogP contribution < -0.4 is 4.72 Å². The van der Waals surface area contributed by atoms with E-state index in [1.807, 2.05) is 0 Å². The molecule has 0 saturated carbocycles. The lowest BCUT2D eigenvalue weighted by Crippen LogP contribution is -2.39. The van der Waals surface area contributed by atoms with Crippen LogP contribution in [0.1, 0.15) is 12.8 Å². The van der Waals surface area contributed by atoms with Gasteiger partial charge in [-0.1, -0.05) is 0 Å². The van der Waals surface area contributed by atoms with Crippen molar-refractivity contribution in [3.63, 3.8) is 0 Å². The summed E-state index contributed by atoms with van der Waals surface area (Å²) in [5.41, 5.74) is 0. The van der Waals surface area contributed by atoms with E-state index in [-0.39, 0.29) is 0 Å². The molecule has 1 fully saturated rings. The smallest absolute Gasteiger partial charge is 0.324 e. The van der Waals surface area contributed by atoms with Gasteiger partial charge in [-0.3, -0.25) is 0 Å². The summed E-state index contributed by atoms with van der Waals surface area (Å²) >= 11 is 0. The van der Waals surface area contributed by atoms with Crippen molar-refractivity contribution in [1.82, 2.24) is 9.62 Å². The van der Waals surface area contributed by atoms with E-state index in [9.17, 15) is 13.2 Å². The summed E-state index contributed by atoms with van der Waals surface area (Å²) < 4.78 is 22.5. The summed E-state index contributed by atoms with van der Waals surface area (Å²) in [4.78, 5) is 12.4. The highest BCUT2D eigenvalue weighted by molar-refractivity contribution is 8.12. The van der Waals surface area contributed by atoms with Crippen LogP contribution in [0.4, 0.5) is 4.79 Å². The fourth-order valence-electron chi connectivity index (χ4n) is 1.09. The van der Waals surface area contributed by atoms with Crippen LogP contribution in [0.2, 0.25) is 0 Å². The Balaban J connectivity index is 2.48. The number of urea groups is 1. The molecule has 0 aliphatic carbocycles. The Bertz CT molecular complexity index is 270. The minimum Gasteiger partial charge on any atom is -0.324 e. The molecule has 1 aliphatic rings. The lowest BCUT2D eigenvalue weighted by atomic mass is 10.4. The summed E-state index contributed by atoms with van der Waals surface area (Å²) in [5.74, 6) is 0. The molecule has 1 heterocycles. The summed E-state index contributed by atoms with van der Waals surface area (Å²) in [7, 11) is 0.890. The first kappa shape index (κ1) is 9.60. The first-order valence-electron chi connectivity index (χ1n) is 3.50. The Hall–Kier alpha value is -0.490. The summed E-state index contributed by atoms with van der Waals surface area (Å²) in [6.07, 6.45) is 1.82. The third-order valence-corrected chi connectivity index (χ3v) is 2.25. The Morgan fingerprint density at radius 2 is 1.83 bits per heavy atom. The molecule has 70 valence electrons. The predicted molar refractivity (Wildman–Crippen MR) is 44.1 cm³/mol. The fraction of sp³-hybridized carbons (Fsp3) is 0.800. The van der Waals surface area contributed by atoms with Crippen LogP contribution >= 0.6 is 10.7 Å². The first-order chi connectivity index (χ1) is 5.49. The van der Waals surface area contributed by atoms with Crippen LogP contribution in [0.5, 0.6) is 0 Å². The molecule has 0 spiro atoms. The number of hydrogen-bond donors (Lipinski definition) is 1. The van der Waals surface area contributed by atoms with Crippen molar-refractivity contribution >= 4 is 26.0 Å². The van der Waals surface area contributed by atoms with Crippen LogP contribution in [0, 0.1) is 0 Å². The van der Waals surface area contributed by atoms with Crippen molar-refractivity contribution in [2.24, 2.45) is 0 Å². The molecule has 2 amide bonds. The minimum absolute atomic E-state index is 0.595. The molecule has 0 aromatic heterocycles. The van der Waals surface area contributed by atoms with Gasteiger partial charge in [-0.05, 0) is 12.8 Å². The molecule has 0 aromatic carbocycles. The van der Waals surface area contributed by atoms with Crippen LogP contribution in [0.25, 0.3) is 0 Å². The molecule has 0 radical (unpaired) electrons. The molecule has 5 nitrogen and oxygen atoms in total. The number of likely N-dealkylation sites (tertiary alicyclic amines) is 1. The van der Waals surface area contributed by atoms with Crippen molar-refractivity contribution in [3.05, 3.63) is 0 Å². The van der Waals surface area contributed by atoms with Crippen LogP contribution in [-0.2, 0) is 9.24 Å². The number of nitrogens with one attached hydrogen (secondary N) is 1. The molecule has 12 heavy (non-hydrogen) atoms. The van der Waals surface area contributed by atoms with Gasteiger partial charge in [-0.15, -0.1) is 0 Å². The number of halogens is 1. The molecule has 0 atom stereocenters. The third kappa shape index (κ3) is 2.86. The summed E-state index contributed by atoms with van der Waals surface area (Å²) in [5, 5.41) is 0. The minimum atomic E-state index is -3.93. The average molecular weight is 213 g/mol. The summed E-state index contributed by atoms with van der Waals surface area (Å²) in [6.45, 7) is 1.19. The maximum atomic E-state index is 11.0. The van der Waals surface area contributed by atoms with Gasteiger partial charge in [0.2, 0.25) is 0 Å². The fourth-order valence-corrected chi connectivity index (χ4v) is 1.62. The first-order valence-corrected chi connectivity index (χ1v) is 5.81. The van der Waals surface area contributed by atoms with Crippen LogP contribution in [0.3, 0.4) is 0 Å². The maximum absolute atomic E-state index is 11.0. The van der Waals surface area contributed by atoms with Gasteiger partial charge < -0.3 is 4.90 Å². The second-order valence-corrected chi connectivity index (χ2v) is 4.84. The number of rotatable bonds is 1. The van der Waals surface area contributed by atoms with E-state index in [1.165, 1.54) is 4.90 Å². The highest BCUT2D eigenvalue weighted by atomic mass is 35.7. The zero-order valence-electron chi connectivity index (χ0n) is 6.29.